The lowest BCUT2D eigenvalue weighted by atomic mass is 9.86. The zero-order valence-electron chi connectivity index (χ0n) is 8.99. The van der Waals surface area contributed by atoms with Gasteiger partial charge in [-0.1, -0.05) is 35.2 Å². The van der Waals surface area contributed by atoms with Crippen molar-refractivity contribution in [3.8, 4) is 0 Å². The summed E-state index contributed by atoms with van der Waals surface area (Å²) < 4.78 is 22.9. The van der Waals surface area contributed by atoms with Crippen LogP contribution < -0.4 is 0 Å². The summed E-state index contributed by atoms with van der Waals surface area (Å²) in [6.07, 6.45) is 7.24. The Hall–Kier alpha value is 0.430. The Morgan fingerprint density at radius 3 is 2.40 bits per heavy atom. The zero-order valence-corrected chi connectivity index (χ0v) is 11.4. The number of sulfone groups is 1. The lowest BCUT2D eigenvalue weighted by Crippen LogP contribution is -2.23. The molecule has 0 N–H and O–H groups in total. The third kappa shape index (κ3) is 2.96. The normalized spacial score (nSPS) is 41.3. The van der Waals surface area contributed by atoms with Gasteiger partial charge in [0.15, 0.2) is 9.84 Å². The van der Waals surface area contributed by atoms with Gasteiger partial charge in [0, 0.05) is 4.83 Å². The maximum Gasteiger partial charge on any atom is 0.150 e. The van der Waals surface area contributed by atoms with Crippen molar-refractivity contribution in [1.82, 2.24) is 0 Å². The van der Waals surface area contributed by atoms with E-state index in [1.165, 1.54) is 32.1 Å². The molecule has 1 saturated heterocycles. The molecule has 0 aromatic rings. The first-order valence-corrected chi connectivity index (χ1v) is 8.67. The van der Waals surface area contributed by atoms with Crippen LogP contribution in [0.5, 0.6) is 0 Å². The van der Waals surface area contributed by atoms with E-state index in [4.69, 9.17) is 0 Å². The molecule has 1 saturated carbocycles. The molecular weight excluding hydrogens is 276 g/mol. The van der Waals surface area contributed by atoms with Crippen molar-refractivity contribution >= 4 is 25.8 Å². The molecule has 88 valence electrons. The smallest absolute Gasteiger partial charge is 0.150 e. The van der Waals surface area contributed by atoms with Gasteiger partial charge < -0.3 is 0 Å². The molecule has 2 nitrogen and oxygen atoms in total. The minimum Gasteiger partial charge on any atom is -0.229 e. The van der Waals surface area contributed by atoms with Crippen LogP contribution in [0.25, 0.3) is 0 Å². The molecule has 0 aromatic carbocycles. The fourth-order valence-corrected chi connectivity index (χ4v) is 5.90. The molecule has 15 heavy (non-hydrogen) atoms. The molecule has 2 rings (SSSR count). The summed E-state index contributed by atoms with van der Waals surface area (Å²) in [4.78, 5) is 0.554. The van der Waals surface area contributed by atoms with Gasteiger partial charge in [-0.15, -0.1) is 0 Å². The van der Waals surface area contributed by atoms with Crippen LogP contribution in [0.3, 0.4) is 0 Å². The maximum atomic E-state index is 11.5. The van der Waals surface area contributed by atoms with E-state index in [-0.39, 0.29) is 0 Å². The van der Waals surface area contributed by atoms with Crippen molar-refractivity contribution in [2.45, 2.75) is 43.4 Å². The Kier molecular flexibility index (Phi) is 3.76. The highest BCUT2D eigenvalue weighted by Crippen LogP contribution is 2.38. The first-order valence-electron chi connectivity index (χ1n) is 5.93. The van der Waals surface area contributed by atoms with Crippen molar-refractivity contribution < 1.29 is 8.42 Å². The van der Waals surface area contributed by atoms with Crippen molar-refractivity contribution in [3.05, 3.63) is 0 Å². The third-order valence-corrected chi connectivity index (χ3v) is 6.79. The van der Waals surface area contributed by atoms with Crippen LogP contribution >= 0.6 is 15.9 Å². The molecule has 1 heterocycles. The van der Waals surface area contributed by atoms with E-state index in [2.05, 4.69) is 15.9 Å². The van der Waals surface area contributed by atoms with Gasteiger partial charge in [0.25, 0.3) is 0 Å². The van der Waals surface area contributed by atoms with Crippen LogP contribution in [0.1, 0.15) is 38.5 Å². The number of alkyl halides is 1. The Morgan fingerprint density at radius 1 is 1.00 bits per heavy atom. The first-order chi connectivity index (χ1) is 7.08. The molecule has 3 atom stereocenters. The molecule has 1 aliphatic heterocycles. The molecule has 3 unspecified atom stereocenters. The van der Waals surface area contributed by atoms with Crippen LogP contribution in [-0.4, -0.2) is 24.8 Å². The molecule has 0 spiro atoms. The number of hydrogen-bond acceptors (Lipinski definition) is 2. The minimum atomic E-state index is -2.70. The second-order valence-electron chi connectivity index (χ2n) is 4.98. The third-order valence-electron chi connectivity index (χ3n) is 3.86. The molecule has 2 fully saturated rings. The van der Waals surface area contributed by atoms with Crippen molar-refractivity contribution in [3.63, 3.8) is 0 Å². The highest BCUT2D eigenvalue weighted by Gasteiger charge is 2.36. The van der Waals surface area contributed by atoms with Crippen LogP contribution in [-0.2, 0) is 9.84 Å². The predicted octanol–water partition coefficient (Wildman–Crippen LogP) is 2.76. The molecule has 4 heteroatoms. The molecular formula is C11H19BrO2S. The Balaban J connectivity index is 2.03. The van der Waals surface area contributed by atoms with Gasteiger partial charge in [-0.25, -0.2) is 8.42 Å². The lowest BCUT2D eigenvalue weighted by Gasteiger charge is -2.25. The Bertz CT molecular complexity index is 313. The summed E-state index contributed by atoms with van der Waals surface area (Å²) in [5.74, 6) is 1.90. The highest BCUT2D eigenvalue weighted by atomic mass is 79.9. The Labute approximate surface area is 101 Å². The van der Waals surface area contributed by atoms with E-state index in [0.29, 0.717) is 28.2 Å². The van der Waals surface area contributed by atoms with Crippen LogP contribution in [0.4, 0.5) is 0 Å². The van der Waals surface area contributed by atoms with Crippen LogP contribution in [0.15, 0.2) is 0 Å². The highest BCUT2D eigenvalue weighted by molar-refractivity contribution is 9.09. The molecule has 0 bridgehead atoms. The van der Waals surface area contributed by atoms with E-state index in [1.807, 2.05) is 0 Å². The van der Waals surface area contributed by atoms with E-state index in [0.717, 1.165) is 6.42 Å². The zero-order chi connectivity index (χ0) is 10.9. The number of halogens is 1. The SMILES string of the molecule is O=S1(=O)CCC(C2CCCCCC2Br)C1. The summed E-state index contributed by atoms with van der Waals surface area (Å²) in [5.41, 5.74) is 0. The summed E-state index contributed by atoms with van der Waals surface area (Å²) in [6.45, 7) is 0. The van der Waals surface area contributed by atoms with E-state index in [1.54, 1.807) is 0 Å². The van der Waals surface area contributed by atoms with Crippen molar-refractivity contribution in [2.75, 3.05) is 11.5 Å². The van der Waals surface area contributed by atoms with Crippen molar-refractivity contribution in [2.24, 2.45) is 11.8 Å². The molecule has 0 aromatic heterocycles. The fourth-order valence-electron chi connectivity index (χ4n) is 2.98. The van der Waals surface area contributed by atoms with E-state index in [9.17, 15) is 8.42 Å². The average Bonchev–Trinajstić information content (AvgIpc) is 2.39. The second-order valence-corrected chi connectivity index (χ2v) is 8.39. The molecule has 0 radical (unpaired) electrons. The summed E-state index contributed by atoms with van der Waals surface area (Å²) in [5, 5.41) is 0. The van der Waals surface area contributed by atoms with Gasteiger partial charge in [0.1, 0.15) is 0 Å². The summed E-state index contributed by atoms with van der Waals surface area (Å²) in [6, 6.07) is 0. The first kappa shape index (κ1) is 11.9. The summed E-state index contributed by atoms with van der Waals surface area (Å²) in [7, 11) is -2.70. The predicted molar refractivity (Wildman–Crippen MR) is 66.1 cm³/mol. The van der Waals surface area contributed by atoms with Gasteiger partial charge in [-0.2, -0.15) is 0 Å². The monoisotopic (exact) mass is 294 g/mol. The second kappa shape index (κ2) is 4.74. The van der Waals surface area contributed by atoms with Gasteiger partial charge in [0.05, 0.1) is 11.5 Å². The minimum absolute atomic E-state index is 0.424. The standard InChI is InChI=1S/C11H19BrO2S/c12-11-5-3-1-2-4-10(11)9-6-7-15(13,14)8-9/h9-11H,1-8H2. The number of hydrogen-bond donors (Lipinski definition) is 0. The summed E-state index contributed by atoms with van der Waals surface area (Å²) >= 11 is 3.76. The fraction of sp³-hybridized carbons (Fsp3) is 1.00. The largest absolute Gasteiger partial charge is 0.229 e. The average molecular weight is 295 g/mol. The maximum absolute atomic E-state index is 11.5. The quantitative estimate of drug-likeness (QED) is 0.550. The number of rotatable bonds is 1. The van der Waals surface area contributed by atoms with Gasteiger partial charge in [-0.05, 0) is 31.1 Å². The van der Waals surface area contributed by atoms with Crippen LogP contribution in [0, 0.1) is 11.8 Å². The molecule has 1 aliphatic carbocycles. The van der Waals surface area contributed by atoms with Crippen molar-refractivity contribution in [1.29, 1.82) is 0 Å². The topological polar surface area (TPSA) is 34.1 Å². The van der Waals surface area contributed by atoms with E-state index < -0.39 is 9.84 Å². The van der Waals surface area contributed by atoms with Gasteiger partial charge >= 0.3 is 0 Å². The Morgan fingerprint density at radius 2 is 1.73 bits per heavy atom. The molecule has 2 aliphatic rings. The van der Waals surface area contributed by atoms with Crippen LogP contribution in [0.2, 0.25) is 0 Å². The lowest BCUT2D eigenvalue weighted by molar-refractivity contribution is 0.338. The van der Waals surface area contributed by atoms with Gasteiger partial charge in [-0.3, -0.25) is 0 Å². The molecule has 0 amide bonds. The van der Waals surface area contributed by atoms with Gasteiger partial charge in [0.2, 0.25) is 0 Å². The van der Waals surface area contributed by atoms with E-state index >= 15 is 0 Å².